The molecule has 2 saturated heterocycles. The summed E-state index contributed by atoms with van der Waals surface area (Å²) < 4.78 is 65.2. The van der Waals surface area contributed by atoms with E-state index in [2.05, 4.69) is 101 Å². The van der Waals surface area contributed by atoms with Crippen LogP contribution >= 0.6 is 0 Å². The van der Waals surface area contributed by atoms with Gasteiger partial charge in [0.05, 0.1) is 68.1 Å². The summed E-state index contributed by atoms with van der Waals surface area (Å²) in [7, 11) is 2.50. The molecule has 3 aromatic carbocycles. The van der Waals surface area contributed by atoms with Crippen molar-refractivity contribution in [1.29, 1.82) is 0 Å². The first-order valence-electron chi connectivity index (χ1n) is 34.8. The van der Waals surface area contributed by atoms with Crippen molar-refractivity contribution in [1.82, 2.24) is 104 Å². The number of hydrogen-bond donors (Lipinski definition) is 3. The Labute approximate surface area is 591 Å². The molecule has 2 aliphatic heterocycles. The van der Waals surface area contributed by atoms with Gasteiger partial charge in [-0.3, -0.25) is 33.0 Å². The minimum Gasteiger partial charge on any atom is -0.396 e. The first kappa shape index (κ1) is 68.9. The molecule has 27 heteroatoms. The molecule has 3 unspecified atom stereocenters. The van der Waals surface area contributed by atoms with E-state index in [1.165, 1.54) is 6.26 Å². The number of aryl methyl sites for hydroxylation is 3. The molecular weight excluding hydrogens is 1310 g/mol. The number of likely N-dealkylation sites (tertiary alicyclic amines) is 1. The van der Waals surface area contributed by atoms with Crippen LogP contribution in [0.4, 0.5) is 8.78 Å². The zero-order chi connectivity index (χ0) is 70.3. The Morgan fingerprint density at radius 1 is 0.480 bits per heavy atom. The zero-order valence-corrected chi connectivity index (χ0v) is 58.3. The molecule has 0 radical (unpaired) electrons. The monoisotopic (exact) mass is 1400 g/mol. The van der Waals surface area contributed by atoms with Gasteiger partial charge in [0.25, 0.3) is 5.92 Å². The molecular formula is C75H83F2N21O3S. The largest absolute Gasteiger partial charge is 0.396 e. The molecule has 11 heterocycles. The van der Waals surface area contributed by atoms with Crippen molar-refractivity contribution < 1.29 is 22.3 Å². The molecule has 0 amide bonds. The Morgan fingerprint density at radius 2 is 0.882 bits per heavy atom. The van der Waals surface area contributed by atoms with Gasteiger partial charge in [0, 0.05) is 200 Å². The summed E-state index contributed by atoms with van der Waals surface area (Å²) in [5.74, 6) is -0.386. The molecule has 12 aromatic rings. The molecule has 3 N–H and O–H groups in total. The van der Waals surface area contributed by atoms with E-state index >= 15 is 0 Å². The van der Waals surface area contributed by atoms with Gasteiger partial charge in [0.1, 0.15) is 0 Å². The van der Waals surface area contributed by atoms with E-state index in [-0.39, 0.29) is 55.7 Å². The van der Waals surface area contributed by atoms with Crippen LogP contribution in [0.15, 0.2) is 184 Å². The quantitative estimate of drug-likeness (QED) is 0.0811. The number of nitrogens with one attached hydrogen (secondary N) is 2. The lowest BCUT2D eigenvalue weighted by molar-refractivity contribution is -0.0803. The maximum absolute atomic E-state index is 14.0. The molecule has 24 nitrogen and oxygen atoms in total. The topological polar surface area (TPSA) is 266 Å². The number of rotatable bonds is 16. The Morgan fingerprint density at radius 3 is 1.31 bits per heavy atom. The highest BCUT2D eigenvalue weighted by Crippen LogP contribution is 2.38. The van der Waals surface area contributed by atoms with E-state index < -0.39 is 15.9 Å². The molecule has 16 rings (SSSR count). The van der Waals surface area contributed by atoms with E-state index in [9.17, 15) is 22.3 Å². The van der Waals surface area contributed by atoms with Crippen molar-refractivity contribution in [2.24, 2.45) is 27.1 Å². The number of piperidine rings is 2. The van der Waals surface area contributed by atoms with Gasteiger partial charge in [-0.1, -0.05) is 54.6 Å². The lowest BCUT2D eigenvalue weighted by atomic mass is 9.88. The maximum atomic E-state index is 14.0. The van der Waals surface area contributed by atoms with E-state index in [1.807, 2.05) is 194 Å². The normalized spacial score (nSPS) is 20.1. The lowest BCUT2D eigenvalue weighted by Gasteiger charge is -2.41. The number of hydrogen-bond acceptors (Lipinski definition) is 17. The molecule has 4 fully saturated rings. The third-order valence-electron chi connectivity index (χ3n) is 19.7. The van der Waals surface area contributed by atoms with E-state index in [1.54, 1.807) is 14.0 Å². The fourth-order valence-corrected chi connectivity index (χ4v) is 15.2. The van der Waals surface area contributed by atoms with Crippen molar-refractivity contribution >= 4 is 10.0 Å². The smallest absolute Gasteiger partial charge is 0.260 e. The highest BCUT2D eigenvalue weighted by atomic mass is 32.2. The summed E-state index contributed by atoms with van der Waals surface area (Å²) in [6, 6.07) is 25.1. The summed E-state index contributed by atoms with van der Waals surface area (Å²) in [5.41, 5.74) is 14.8. The van der Waals surface area contributed by atoms with E-state index in [0.29, 0.717) is 23.9 Å². The highest BCUT2D eigenvalue weighted by molar-refractivity contribution is 7.88. The standard InChI is InChI=1S/C28H31F2N7.C24H27N7O2S.C23H25N7O/c1-35-17-23(15-33-35)20-5-2-6-21(11-20)27-31-13-22(14-32-27)24-16-34-37(18-24)26-8-3-7-25(12-26)36-10-4-9-28(29,30)19-36;1-30-15-20(13-27-30)17-5-3-6-18(9-17)24-25-11-19(12-26-24)21-14-28-31(16-21)23-8-4-7-22(10-23)29-34(2,32)33;1-29-13-19(11-27-29)16-3-2-4-17(7-16)23-25-9-18(10-26-23)20-12-28-30(14-20)22-5-6-24-8-21(22)15-31/h2,5-6,11,13-18,25-26H,3-4,7-10,12,19H2,1H3;3,5-6,9,11-16,22-23,29H,4,7-8,10H2,1-2H3;2-4,7,9-14,21-22,24,31H,5-6,8,15H2,1H3/t25-,26?;22-,23-;/m11./s1. The molecule has 2 saturated carbocycles. The Kier molecular flexibility index (Phi) is 20.7. The highest BCUT2D eigenvalue weighted by Gasteiger charge is 2.39. The number of aliphatic hydroxyl groups excluding tert-OH is 1. The zero-order valence-electron chi connectivity index (χ0n) is 57.5. The average Bonchev–Trinajstić information content (AvgIpc) is 1.66. The minimum absolute atomic E-state index is 0.0129. The molecule has 102 heavy (non-hydrogen) atoms. The number of aromatic nitrogens is 18. The SMILES string of the molecule is Cn1cc(-c2cccc(-c3ncc(-c4cnn(C5CCC[C@@H](N6CCCC(F)(F)C6)C5)c4)cn3)c2)cn1.Cn1cc(-c2cccc(-c3ncc(-c4cnn(C5CCNCC5CO)c4)cn3)c2)cn1.Cn1cc(-c2cccc(-c3ncc(-c4cnn([C@@H]5CCC[C@@H](NS(C)(=O)=O)C5)c4)cn3)c2)cn1. The fourth-order valence-electron chi connectivity index (χ4n) is 14.4. The summed E-state index contributed by atoms with van der Waals surface area (Å²) in [4.78, 5) is 29.7. The van der Waals surface area contributed by atoms with Crippen LogP contribution in [0.5, 0.6) is 0 Å². The summed E-state index contributed by atoms with van der Waals surface area (Å²) in [6.45, 7) is 2.57. The van der Waals surface area contributed by atoms with Crippen LogP contribution in [0, 0.1) is 5.92 Å². The van der Waals surface area contributed by atoms with Gasteiger partial charge in [0.15, 0.2) is 17.5 Å². The third kappa shape index (κ3) is 16.7. The third-order valence-corrected chi connectivity index (χ3v) is 20.5. The number of nitrogens with zero attached hydrogens (tertiary/aromatic N) is 19. The Hall–Kier alpha value is -10.2. The van der Waals surface area contributed by atoms with Crippen LogP contribution in [0.2, 0.25) is 0 Å². The van der Waals surface area contributed by atoms with Crippen LogP contribution in [-0.2, 0) is 31.2 Å². The predicted octanol–water partition coefficient (Wildman–Crippen LogP) is 11.6. The fraction of sp³-hybridized carbons (Fsp3) is 0.360. The van der Waals surface area contributed by atoms with Crippen LogP contribution in [0.25, 0.3) is 101 Å². The van der Waals surface area contributed by atoms with Crippen molar-refractivity contribution in [2.75, 3.05) is 39.0 Å². The molecule has 2 aliphatic carbocycles. The summed E-state index contributed by atoms with van der Waals surface area (Å²) >= 11 is 0. The van der Waals surface area contributed by atoms with Gasteiger partial charge in [-0.05, 0) is 112 Å². The van der Waals surface area contributed by atoms with Gasteiger partial charge >= 0.3 is 0 Å². The van der Waals surface area contributed by atoms with Gasteiger partial charge in [-0.2, -0.15) is 30.6 Å². The first-order valence-corrected chi connectivity index (χ1v) is 36.7. The van der Waals surface area contributed by atoms with Crippen LogP contribution in [0.3, 0.4) is 0 Å². The van der Waals surface area contributed by atoms with Crippen molar-refractivity contribution in [3.8, 4) is 101 Å². The lowest BCUT2D eigenvalue weighted by Crippen LogP contribution is -2.49. The van der Waals surface area contributed by atoms with Crippen molar-refractivity contribution in [2.45, 2.75) is 107 Å². The Balaban J connectivity index is 0.000000130. The maximum Gasteiger partial charge on any atom is 0.260 e. The summed E-state index contributed by atoms with van der Waals surface area (Å²) in [5, 5.41) is 39.5. The number of sulfonamides is 1. The van der Waals surface area contributed by atoms with Crippen LogP contribution in [-0.4, -0.2) is 164 Å². The number of benzene rings is 3. The molecule has 6 atom stereocenters. The van der Waals surface area contributed by atoms with Crippen molar-refractivity contribution in [3.63, 3.8) is 0 Å². The molecule has 0 bridgehead atoms. The van der Waals surface area contributed by atoms with E-state index in [4.69, 9.17) is 0 Å². The average molecular weight is 1400 g/mol. The second kappa shape index (κ2) is 30.6. The number of alkyl halides is 2. The van der Waals surface area contributed by atoms with Gasteiger partial charge < -0.3 is 10.4 Å². The molecule has 9 aromatic heterocycles. The minimum atomic E-state index is -3.21. The van der Waals surface area contributed by atoms with E-state index in [0.717, 1.165) is 161 Å². The molecule has 4 aliphatic rings. The Bertz CT molecular complexity index is 4890. The van der Waals surface area contributed by atoms with Crippen LogP contribution < -0.4 is 10.0 Å². The number of halogens is 2. The number of aliphatic hydroxyl groups is 1. The van der Waals surface area contributed by atoms with Gasteiger partial charge in [0.2, 0.25) is 10.0 Å². The first-order chi connectivity index (χ1) is 49.5. The van der Waals surface area contributed by atoms with Crippen molar-refractivity contribution in [3.05, 3.63) is 184 Å². The van der Waals surface area contributed by atoms with Crippen LogP contribution in [0.1, 0.15) is 88.8 Å². The predicted molar refractivity (Wildman–Crippen MR) is 386 cm³/mol. The van der Waals surface area contributed by atoms with Gasteiger partial charge in [-0.25, -0.2) is 51.8 Å². The second-order valence-corrected chi connectivity index (χ2v) is 29.1. The molecule has 526 valence electrons. The summed E-state index contributed by atoms with van der Waals surface area (Å²) in [6.07, 6.45) is 44.2. The second-order valence-electron chi connectivity index (χ2n) is 27.3. The molecule has 0 spiro atoms. The van der Waals surface area contributed by atoms with Gasteiger partial charge in [-0.15, -0.1) is 0 Å².